The summed E-state index contributed by atoms with van der Waals surface area (Å²) in [6.45, 7) is 5.89. The molecule has 1 aromatic rings. The van der Waals surface area contributed by atoms with Gasteiger partial charge in [-0.15, -0.1) is 0 Å². The number of benzene rings is 1. The highest BCUT2D eigenvalue weighted by atomic mass is 19.1. The summed E-state index contributed by atoms with van der Waals surface area (Å²) in [5, 5.41) is 6.33. The molecule has 0 saturated carbocycles. The number of carbonyl (C=O) groups is 1. The molecule has 1 amide bonds. The van der Waals surface area contributed by atoms with Crippen molar-refractivity contribution in [2.24, 2.45) is 5.92 Å². The largest absolute Gasteiger partial charge is 0.379 e. The normalized spacial score (nSPS) is 23.0. The Balaban J connectivity index is 1.92. The fourth-order valence-corrected chi connectivity index (χ4v) is 2.50. The fraction of sp³-hybridized carbons (Fsp3) is 0.562. The smallest absolute Gasteiger partial charge is 0.227 e. The second kappa shape index (κ2) is 7.52. The minimum atomic E-state index is -0.273. The summed E-state index contributed by atoms with van der Waals surface area (Å²) in [6, 6.07) is 6.12. The van der Waals surface area contributed by atoms with Crippen molar-refractivity contribution in [1.29, 1.82) is 0 Å². The number of carbonyl (C=O) groups excluding carboxylic acids is 1. The number of amides is 1. The van der Waals surface area contributed by atoms with Gasteiger partial charge in [-0.25, -0.2) is 4.39 Å². The summed E-state index contributed by atoms with van der Waals surface area (Å²) in [5.41, 5.74) is 0.890. The van der Waals surface area contributed by atoms with E-state index in [1.807, 2.05) is 6.92 Å². The lowest BCUT2D eigenvalue weighted by Crippen LogP contribution is -2.44. The van der Waals surface area contributed by atoms with Crippen molar-refractivity contribution < 1.29 is 13.9 Å². The predicted molar refractivity (Wildman–Crippen MR) is 79.3 cm³/mol. The van der Waals surface area contributed by atoms with Crippen molar-refractivity contribution in [2.75, 3.05) is 19.8 Å². The molecular weight excluding hydrogens is 271 g/mol. The number of halogens is 1. The third-order valence-electron chi connectivity index (χ3n) is 3.80. The zero-order valence-corrected chi connectivity index (χ0v) is 12.6. The monoisotopic (exact) mass is 294 g/mol. The molecule has 0 spiro atoms. The number of hydrogen-bond acceptors (Lipinski definition) is 3. The maximum absolute atomic E-state index is 12.9. The van der Waals surface area contributed by atoms with E-state index in [0.29, 0.717) is 13.2 Å². The summed E-state index contributed by atoms with van der Waals surface area (Å²) in [5.74, 6) is -0.456. The van der Waals surface area contributed by atoms with E-state index in [1.165, 1.54) is 12.1 Å². The first-order chi connectivity index (χ1) is 10.1. The SMILES string of the molecule is CCCNC1COCC1C(=O)N[C@H](C)c1ccc(F)cc1. The Hall–Kier alpha value is -1.46. The molecule has 2 rings (SSSR count). The van der Waals surface area contributed by atoms with Gasteiger partial charge in [0.1, 0.15) is 5.82 Å². The lowest BCUT2D eigenvalue weighted by atomic mass is 10.0. The number of hydrogen-bond donors (Lipinski definition) is 2. The van der Waals surface area contributed by atoms with Crippen LogP contribution in [0.3, 0.4) is 0 Å². The molecule has 1 saturated heterocycles. The Bertz CT molecular complexity index is 464. The third kappa shape index (κ3) is 4.25. The second-order valence-corrected chi connectivity index (χ2v) is 5.49. The molecule has 5 heteroatoms. The summed E-state index contributed by atoms with van der Waals surface area (Å²) in [4.78, 5) is 12.4. The van der Waals surface area contributed by atoms with E-state index in [9.17, 15) is 9.18 Å². The molecule has 0 radical (unpaired) electrons. The van der Waals surface area contributed by atoms with Crippen molar-refractivity contribution in [3.63, 3.8) is 0 Å². The molecule has 116 valence electrons. The maximum Gasteiger partial charge on any atom is 0.227 e. The van der Waals surface area contributed by atoms with Crippen LogP contribution in [0.4, 0.5) is 4.39 Å². The predicted octanol–water partition coefficient (Wildman–Crippen LogP) is 2.02. The molecular formula is C16H23FN2O2. The topological polar surface area (TPSA) is 50.4 Å². The van der Waals surface area contributed by atoms with Crippen LogP contribution < -0.4 is 10.6 Å². The van der Waals surface area contributed by atoms with Crippen molar-refractivity contribution in [3.8, 4) is 0 Å². The van der Waals surface area contributed by atoms with Gasteiger partial charge in [-0.3, -0.25) is 4.79 Å². The van der Waals surface area contributed by atoms with Gasteiger partial charge in [-0.2, -0.15) is 0 Å². The molecule has 0 aromatic heterocycles. The van der Waals surface area contributed by atoms with Gasteiger partial charge >= 0.3 is 0 Å². The van der Waals surface area contributed by atoms with Crippen molar-refractivity contribution in [2.45, 2.75) is 32.4 Å². The minimum Gasteiger partial charge on any atom is -0.379 e. The van der Waals surface area contributed by atoms with E-state index in [1.54, 1.807) is 12.1 Å². The van der Waals surface area contributed by atoms with Gasteiger partial charge in [0, 0.05) is 6.04 Å². The first kappa shape index (κ1) is 15.9. The summed E-state index contributed by atoms with van der Waals surface area (Å²) in [7, 11) is 0. The average molecular weight is 294 g/mol. The van der Waals surface area contributed by atoms with Crippen LogP contribution in [0.2, 0.25) is 0 Å². The van der Waals surface area contributed by atoms with Crippen molar-refractivity contribution in [1.82, 2.24) is 10.6 Å². The Kier molecular flexibility index (Phi) is 5.70. The number of rotatable bonds is 6. The molecule has 0 aliphatic carbocycles. The number of nitrogens with one attached hydrogen (secondary N) is 2. The molecule has 21 heavy (non-hydrogen) atoms. The average Bonchev–Trinajstić information content (AvgIpc) is 2.94. The summed E-state index contributed by atoms with van der Waals surface area (Å²) >= 11 is 0. The van der Waals surface area contributed by atoms with E-state index in [-0.39, 0.29) is 29.7 Å². The zero-order chi connectivity index (χ0) is 15.2. The van der Waals surface area contributed by atoms with Crippen molar-refractivity contribution >= 4 is 5.91 Å². The van der Waals surface area contributed by atoms with Gasteiger partial charge in [0.25, 0.3) is 0 Å². The molecule has 4 nitrogen and oxygen atoms in total. The van der Waals surface area contributed by atoms with Crippen LogP contribution >= 0.6 is 0 Å². The van der Waals surface area contributed by atoms with E-state index in [0.717, 1.165) is 18.5 Å². The molecule has 2 N–H and O–H groups in total. The quantitative estimate of drug-likeness (QED) is 0.844. The van der Waals surface area contributed by atoms with Crippen LogP contribution in [0.1, 0.15) is 31.9 Å². The molecule has 1 aromatic carbocycles. The zero-order valence-electron chi connectivity index (χ0n) is 12.6. The summed E-state index contributed by atoms with van der Waals surface area (Å²) in [6.07, 6.45) is 1.02. The highest BCUT2D eigenvalue weighted by molar-refractivity contribution is 5.80. The lowest BCUT2D eigenvalue weighted by Gasteiger charge is -2.21. The van der Waals surface area contributed by atoms with Gasteiger partial charge in [0.05, 0.1) is 25.2 Å². The molecule has 1 aliphatic rings. The first-order valence-electron chi connectivity index (χ1n) is 7.48. The minimum absolute atomic E-state index is 0.0158. The van der Waals surface area contributed by atoms with Crippen LogP contribution in [0.25, 0.3) is 0 Å². The van der Waals surface area contributed by atoms with Crippen LogP contribution in [0.15, 0.2) is 24.3 Å². The highest BCUT2D eigenvalue weighted by Gasteiger charge is 2.34. The molecule has 2 unspecified atom stereocenters. The Morgan fingerprint density at radius 1 is 1.38 bits per heavy atom. The highest BCUT2D eigenvalue weighted by Crippen LogP contribution is 2.18. The van der Waals surface area contributed by atoms with Crippen LogP contribution in [-0.4, -0.2) is 31.7 Å². The van der Waals surface area contributed by atoms with Gasteiger partial charge in [0.2, 0.25) is 5.91 Å². The molecule has 0 bridgehead atoms. The van der Waals surface area contributed by atoms with E-state index in [4.69, 9.17) is 4.74 Å². The second-order valence-electron chi connectivity index (χ2n) is 5.49. The molecule has 1 aliphatic heterocycles. The van der Waals surface area contributed by atoms with Crippen LogP contribution in [-0.2, 0) is 9.53 Å². The fourth-order valence-electron chi connectivity index (χ4n) is 2.50. The van der Waals surface area contributed by atoms with E-state index < -0.39 is 0 Å². The van der Waals surface area contributed by atoms with Gasteiger partial charge in [0.15, 0.2) is 0 Å². The van der Waals surface area contributed by atoms with E-state index >= 15 is 0 Å². The Morgan fingerprint density at radius 3 is 2.76 bits per heavy atom. The Labute approximate surface area is 125 Å². The van der Waals surface area contributed by atoms with Crippen LogP contribution in [0.5, 0.6) is 0 Å². The lowest BCUT2D eigenvalue weighted by molar-refractivity contribution is -0.126. The molecule has 1 fully saturated rings. The van der Waals surface area contributed by atoms with Crippen molar-refractivity contribution in [3.05, 3.63) is 35.6 Å². The van der Waals surface area contributed by atoms with Crippen LogP contribution in [0, 0.1) is 11.7 Å². The standard InChI is InChI=1S/C16H23FN2O2/c1-3-8-18-15-10-21-9-14(15)16(20)19-11(2)12-4-6-13(17)7-5-12/h4-7,11,14-15,18H,3,8-10H2,1-2H3,(H,19,20)/t11-,14?,15?/m1/s1. The summed E-state index contributed by atoms with van der Waals surface area (Å²) < 4.78 is 18.3. The number of ether oxygens (including phenoxy) is 1. The van der Waals surface area contributed by atoms with E-state index in [2.05, 4.69) is 17.6 Å². The molecule has 1 heterocycles. The first-order valence-corrected chi connectivity index (χ1v) is 7.48. The van der Waals surface area contributed by atoms with Gasteiger partial charge < -0.3 is 15.4 Å². The maximum atomic E-state index is 12.9. The van der Waals surface area contributed by atoms with Gasteiger partial charge in [-0.1, -0.05) is 19.1 Å². The van der Waals surface area contributed by atoms with Gasteiger partial charge in [-0.05, 0) is 37.6 Å². The molecule has 3 atom stereocenters. The third-order valence-corrected chi connectivity index (χ3v) is 3.80. The Morgan fingerprint density at radius 2 is 2.10 bits per heavy atom.